The fraction of sp³-hybridized carbons (Fsp3) is 0.625. The molecule has 0 radical (unpaired) electrons. The molecule has 0 amide bonds. The third-order valence-corrected chi connectivity index (χ3v) is 4.03. The summed E-state index contributed by atoms with van der Waals surface area (Å²) in [7, 11) is 3.90. The quantitative estimate of drug-likeness (QED) is 0.693. The molecule has 1 aromatic carbocycles. The van der Waals surface area contributed by atoms with Crippen LogP contribution in [0.1, 0.15) is 25.8 Å². The zero-order valence-electron chi connectivity index (χ0n) is 13.1. The molecule has 0 bridgehead atoms. The number of benzene rings is 1. The first-order chi connectivity index (χ1) is 9.58. The van der Waals surface area contributed by atoms with Gasteiger partial charge in [0, 0.05) is 44.0 Å². The number of nitrogens with zero attached hydrogens (tertiary/aromatic N) is 1. The number of ether oxygens (including phenoxy) is 1. The second-order valence-corrected chi connectivity index (χ2v) is 6.25. The van der Waals surface area contributed by atoms with Gasteiger partial charge < -0.3 is 15.0 Å². The highest BCUT2D eigenvalue weighted by molar-refractivity contribution is 9.10. The van der Waals surface area contributed by atoms with Gasteiger partial charge in [0.1, 0.15) is 0 Å². The van der Waals surface area contributed by atoms with Gasteiger partial charge in [0.15, 0.2) is 0 Å². The zero-order chi connectivity index (χ0) is 15.0. The second-order valence-electron chi connectivity index (χ2n) is 5.34. The fourth-order valence-electron chi connectivity index (χ4n) is 2.16. The van der Waals surface area contributed by atoms with Crippen molar-refractivity contribution in [2.75, 3.05) is 38.8 Å². The molecule has 0 fully saturated rings. The normalized spacial score (nSPS) is 12.4. The van der Waals surface area contributed by atoms with Crippen molar-refractivity contribution in [2.45, 2.75) is 26.8 Å². The zero-order valence-corrected chi connectivity index (χ0v) is 14.7. The van der Waals surface area contributed by atoms with Crippen molar-refractivity contribution in [3.63, 3.8) is 0 Å². The van der Waals surface area contributed by atoms with E-state index < -0.39 is 0 Å². The number of anilines is 1. The Morgan fingerprint density at radius 1 is 1.40 bits per heavy atom. The minimum atomic E-state index is 0.706. The van der Waals surface area contributed by atoms with Crippen LogP contribution in [0.2, 0.25) is 0 Å². The third-order valence-electron chi connectivity index (χ3n) is 3.53. The predicted molar refractivity (Wildman–Crippen MR) is 90.4 cm³/mol. The van der Waals surface area contributed by atoms with E-state index in [1.807, 2.05) is 0 Å². The van der Waals surface area contributed by atoms with Gasteiger partial charge in [0.2, 0.25) is 0 Å². The Kier molecular flexibility index (Phi) is 8.19. The minimum Gasteiger partial charge on any atom is -0.383 e. The van der Waals surface area contributed by atoms with Gasteiger partial charge in [-0.15, -0.1) is 0 Å². The van der Waals surface area contributed by atoms with Crippen LogP contribution in [0.3, 0.4) is 0 Å². The molecule has 0 spiro atoms. The van der Waals surface area contributed by atoms with Gasteiger partial charge >= 0.3 is 0 Å². The average Bonchev–Trinajstić information content (AvgIpc) is 2.43. The molecule has 0 saturated carbocycles. The van der Waals surface area contributed by atoms with Crippen LogP contribution in [0.25, 0.3) is 0 Å². The number of nitrogens with one attached hydrogen (secondary N) is 1. The Hall–Kier alpha value is -0.580. The van der Waals surface area contributed by atoms with E-state index in [0.29, 0.717) is 5.92 Å². The lowest BCUT2D eigenvalue weighted by atomic mass is 10.1. The van der Waals surface area contributed by atoms with Crippen LogP contribution in [0.4, 0.5) is 5.69 Å². The van der Waals surface area contributed by atoms with Crippen LogP contribution < -0.4 is 10.2 Å². The summed E-state index contributed by atoms with van der Waals surface area (Å²) in [5.74, 6) is 0.706. The Morgan fingerprint density at radius 2 is 2.15 bits per heavy atom. The van der Waals surface area contributed by atoms with Crippen LogP contribution in [0.5, 0.6) is 0 Å². The highest BCUT2D eigenvalue weighted by atomic mass is 79.9. The summed E-state index contributed by atoms with van der Waals surface area (Å²) in [6.07, 6.45) is 1.21. The van der Waals surface area contributed by atoms with E-state index in [1.54, 1.807) is 7.11 Å². The maximum Gasteiger partial charge on any atom is 0.0587 e. The van der Waals surface area contributed by atoms with E-state index >= 15 is 0 Å². The highest BCUT2D eigenvalue weighted by Gasteiger charge is 2.10. The maximum absolute atomic E-state index is 5.07. The molecule has 0 aromatic heterocycles. The molecule has 1 unspecified atom stereocenters. The van der Waals surface area contributed by atoms with Crippen LogP contribution in [0.15, 0.2) is 22.7 Å². The molecule has 0 aliphatic heterocycles. The molecule has 4 heteroatoms. The molecule has 0 heterocycles. The third kappa shape index (κ3) is 5.81. The summed E-state index contributed by atoms with van der Waals surface area (Å²) in [5, 5.41) is 3.42. The molecule has 114 valence electrons. The molecule has 0 aliphatic carbocycles. The SMILES string of the molecule is CCC(C)CN(C)c1ccc(Br)cc1CNCCOC. The molecule has 20 heavy (non-hydrogen) atoms. The van der Waals surface area contributed by atoms with Crippen molar-refractivity contribution >= 4 is 21.6 Å². The summed E-state index contributed by atoms with van der Waals surface area (Å²) in [6, 6.07) is 6.50. The number of hydrogen-bond donors (Lipinski definition) is 1. The Labute approximate surface area is 131 Å². The minimum absolute atomic E-state index is 0.706. The molecule has 1 aromatic rings. The van der Waals surface area contributed by atoms with Crippen LogP contribution >= 0.6 is 15.9 Å². The number of rotatable bonds is 9. The van der Waals surface area contributed by atoms with E-state index in [0.717, 1.165) is 30.7 Å². The summed E-state index contributed by atoms with van der Waals surface area (Å²) in [5.41, 5.74) is 2.62. The van der Waals surface area contributed by atoms with Gasteiger partial charge in [0.25, 0.3) is 0 Å². The number of methoxy groups -OCH3 is 1. The van der Waals surface area contributed by atoms with E-state index in [4.69, 9.17) is 4.74 Å². The van der Waals surface area contributed by atoms with Crippen molar-refractivity contribution in [2.24, 2.45) is 5.92 Å². The molecule has 1 rings (SSSR count). The van der Waals surface area contributed by atoms with Crippen molar-refractivity contribution in [3.05, 3.63) is 28.2 Å². The standard InChI is InChI=1S/C16H27BrN2O/c1-5-13(2)12-19(3)16-7-6-15(17)10-14(16)11-18-8-9-20-4/h6-7,10,13,18H,5,8-9,11-12H2,1-4H3. The number of hydrogen-bond acceptors (Lipinski definition) is 3. The average molecular weight is 343 g/mol. The van der Waals surface area contributed by atoms with Crippen molar-refractivity contribution in [1.82, 2.24) is 5.32 Å². The van der Waals surface area contributed by atoms with E-state index in [2.05, 4.69) is 65.2 Å². The first-order valence-electron chi connectivity index (χ1n) is 7.27. The molecular formula is C16H27BrN2O. The molecule has 1 N–H and O–H groups in total. The van der Waals surface area contributed by atoms with Gasteiger partial charge in [0.05, 0.1) is 6.61 Å². The first-order valence-corrected chi connectivity index (χ1v) is 8.07. The van der Waals surface area contributed by atoms with Crippen molar-refractivity contribution in [1.29, 1.82) is 0 Å². The van der Waals surface area contributed by atoms with Crippen LogP contribution in [-0.2, 0) is 11.3 Å². The summed E-state index contributed by atoms with van der Waals surface area (Å²) in [4.78, 5) is 2.36. The summed E-state index contributed by atoms with van der Waals surface area (Å²) >= 11 is 3.56. The maximum atomic E-state index is 5.07. The molecular weight excluding hydrogens is 316 g/mol. The van der Waals surface area contributed by atoms with Crippen LogP contribution in [0, 0.1) is 5.92 Å². The van der Waals surface area contributed by atoms with E-state index in [9.17, 15) is 0 Å². The lowest BCUT2D eigenvalue weighted by Crippen LogP contribution is -2.26. The summed E-state index contributed by atoms with van der Waals surface area (Å²) in [6.45, 7) is 8.11. The molecule has 1 atom stereocenters. The lowest BCUT2D eigenvalue weighted by Gasteiger charge is -2.25. The number of halogens is 1. The Bertz CT molecular complexity index is 398. The van der Waals surface area contributed by atoms with Gasteiger partial charge in [-0.1, -0.05) is 36.2 Å². The largest absolute Gasteiger partial charge is 0.383 e. The van der Waals surface area contributed by atoms with Crippen LogP contribution in [-0.4, -0.2) is 33.9 Å². The van der Waals surface area contributed by atoms with Crippen molar-refractivity contribution in [3.8, 4) is 0 Å². The van der Waals surface area contributed by atoms with Gasteiger partial charge in [-0.05, 0) is 29.7 Å². The van der Waals surface area contributed by atoms with Crippen molar-refractivity contribution < 1.29 is 4.74 Å². The lowest BCUT2D eigenvalue weighted by molar-refractivity contribution is 0.199. The van der Waals surface area contributed by atoms with Gasteiger partial charge in [-0.25, -0.2) is 0 Å². The highest BCUT2D eigenvalue weighted by Crippen LogP contribution is 2.24. The van der Waals surface area contributed by atoms with Gasteiger partial charge in [-0.2, -0.15) is 0 Å². The topological polar surface area (TPSA) is 24.5 Å². The van der Waals surface area contributed by atoms with E-state index in [1.165, 1.54) is 17.7 Å². The molecule has 0 saturated heterocycles. The molecule has 0 aliphatic rings. The monoisotopic (exact) mass is 342 g/mol. The van der Waals surface area contributed by atoms with Gasteiger partial charge in [-0.3, -0.25) is 0 Å². The Morgan fingerprint density at radius 3 is 2.80 bits per heavy atom. The van der Waals surface area contributed by atoms with E-state index in [-0.39, 0.29) is 0 Å². The molecule has 3 nitrogen and oxygen atoms in total. The second kappa shape index (κ2) is 9.37. The Balaban J connectivity index is 2.73. The summed E-state index contributed by atoms with van der Waals surface area (Å²) < 4.78 is 6.19. The predicted octanol–water partition coefficient (Wildman–Crippen LogP) is 3.67. The smallest absolute Gasteiger partial charge is 0.0587 e. The first kappa shape index (κ1) is 17.5. The fourth-order valence-corrected chi connectivity index (χ4v) is 2.57.